The van der Waals surface area contributed by atoms with Gasteiger partial charge in [0.1, 0.15) is 5.70 Å². The minimum Gasteiger partial charge on any atom is -0.328 e. The zero-order valence-corrected chi connectivity index (χ0v) is 14.3. The number of carbonyl (C=O) groups excluding carboxylic acids is 1. The Bertz CT molecular complexity index is 654. The molecule has 1 aromatic carbocycles. The highest BCUT2D eigenvalue weighted by atomic mass is 35.5. The molecule has 1 aliphatic carbocycles. The van der Waals surface area contributed by atoms with Gasteiger partial charge in [0.05, 0.1) is 0 Å². The maximum Gasteiger partial charge on any atom is 0.276 e. The van der Waals surface area contributed by atoms with Crippen molar-refractivity contribution in [1.29, 1.82) is 0 Å². The van der Waals surface area contributed by atoms with Crippen molar-refractivity contribution in [2.45, 2.75) is 38.1 Å². The first-order valence-electron chi connectivity index (χ1n) is 7.37. The van der Waals surface area contributed by atoms with E-state index in [-0.39, 0.29) is 11.9 Å². The van der Waals surface area contributed by atoms with Crippen molar-refractivity contribution in [1.82, 2.24) is 10.2 Å². The van der Waals surface area contributed by atoms with Crippen LogP contribution in [0.3, 0.4) is 0 Å². The van der Waals surface area contributed by atoms with E-state index in [0.717, 1.165) is 31.2 Å². The van der Waals surface area contributed by atoms with Gasteiger partial charge in [-0.15, -0.1) is 0 Å². The average Bonchev–Trinajstić information content (AvgIpc) is 2.77. The van der Waals surface area contributed by atoms with Gasteiger partial charge >= 0.3 is 0 Å². The Kier molecular flexibility index (Phi) is 4.71. The van der Waals surface area contributed by atoms with E-state index < -0.39 is 0 Å². The van der Waals surface area contributed by atoms with Gasteiger partial charge < -0.3 is 5.32 Å². The highest BCUT2D eigenvalue weighted by molar-refractivity contribution is 7.80. The SMILES string of the molecule is O=C1/C(=C/c2ccc(Cl)cc2Cl)NC(=S)N1C1CCCCC1. The van der Waals surface area contributed by atoms with Crippen LogP contribution >= 0.6 is 35.4 Å². The number of thiocarbonyl (C=S) groups is 1. The standard InChI is InChI=1S/C16H16Cl2N2OS/c17-11-7-6-10(13(18)9-11)8-14-15(21)20(16(22)19-14)12-4-2-1-3-5-12/h6-9,12H,1-5H2,(H,19,22)/b14-8-. The second kappa shape index (κ2) is 6.57. The van der Waals surface area contributed by atoms with Crippen molar-refractivity contribution in [3.05, 3.63) is 39.5 Å². The molecular formula is C16H16Cl2N2OS. The summed E-state index contributed by atoms with van der Waals surface area (Å²) >= 11 is 17.4. The van der Waals surface area contributed by atoms with Gasteiger partial charge in [0, 0.05) is 16.1 Å². The third kappa shape index (κ3) is 3.14. The molecule has 0 atom stereocenters. The first kappa shape index (κ1) is 15.8. The van der Waals surface area contributed by atoms with Crippen molar-refractivity contribution in [3.63, 3.8) is 0 Å². The lowest BCUT2D eigenvalue weighted by Crippen LogP contribution is -2.41. The van der Waals surface area contributed by atoms with Gasteiger partial charge in [0.15, 0.2) is 5.11 Å². The summed E-state index contributed by atoms with van der Waals surface area (Å²) in [6, 6.07) is 5.41. The molecule has 1 heterocycles. The number of nitrogens with zero attached hydrogens (tertiary/aromatic N) is 1. The molecule has 0 bridgehead atoms. The Labute approximate surface area is 145 Å². The monoisotopic (exact) mass is 354 g/mol. The molecule has 116 valence electrons. The lowest BCUT2D eigenvalue weighted by atomic mass is 9.94. The van der Waals surface area contributed by atoms with Crippen LogP contribution in [0.25, 0.3) is 6.08 Å². The molecule has 3 rings (SSSR count). The predicted octanol–water partition coefficient (Wildman–Crippen LogP) is 4.38. The molecule has 0 radical (unpaired) electrons. The summed E-state index contributed by atoms with van der Waals surface area (Å²) in [6.07, 6.45) is 7.31. The molecule has 22 heavy (non-hydrogen) atoms. The topological polar surface area (TPSA) is 32.3 Å². The summed E-state index contributed by atoms with van der Waals surface area (Å²) in [6.45, 7) is 0. The molecule has 0 aromatic heterocycles. The molecule has 0 spiro atoms. The van der Waals surface area contributed by atoms with Crippen molar-refractivity contribution in [2.24, 2.45) is 0 Å². The van der Waals surface area contributed by atoms with Crippen molar-refractivity contribution >= 4 is 52.5 Å². The summed E-state index contributed by atoms with van der Waals surface area (Å²) in [5, 5.41) is 4.59. The molecule has 1 saturated carbocycles. The molecule has 6 heteroatoms. The van der Waals surface area contributed by atoms with Crippen LogP contribution in [0.4, 0.5) is 0 Å². The van der Waals surface area contributed by atoms with Crippen molar-refractivity contribution in [2.75, 3.05) is 0 Å². The normalized spacial score (nSPS) is 21.5. The van der Waals surface area contributed by atoms with E-state index in [1.54, 1.807) is 29.2 Å². The van der Waals surface area contributed by atoms with Gasteiger partial charge in [-0.25, -0.2) is 0 Å². The van der Waals surface area contributed by atoms with Gasteiger partial charge in [0.2, 0.25) is 0 Å². The first-order chi connectivity index (χ1) is 10.6. The van der Waals surface area contributed by atoms with Crippen LogP contribution in [-0.2, 0) is 4.79 Å². The van der Waals surface area contributed by atoms with E-state index in [4.69, 9.17) is 35.4 Å². The lowest BCUT2D eigenvalue weighted by Gasteiger charge is -2.29. The third-order valence-corrected chi connectivity index (χ3v) is 4.97. The number of rotatable bonds is 2. The van der Waals surface area contributed by atoms with Crippen molar-refractivity contribution in [3.8, 4) is 0 Å². The number of nitrogens with one attached hydrogen (secondary N) is 1. The van der Waals surface area contributed by atoms with Gasteiger partial charge in [-0.3, -0.25) is 9.69 Å². The summed E-state index contributed by atoms with van der Waals surface area (Å²) in [5.74, 6) is -0.0667. The smallest absolute Gasteiger partial charge is 0.276 e. The number of hydrogen-bond acceptors (Lipinski definition) is 2. The number of hydrogen-bond donors (Lipinski definition) is 1. The Balaban J connectivity index is 1.85. The Morgan fingerprint density at radius 3 is 2.64 bits per heavy atom. The van der Waals surface area contributed by atoms with E-state index in [9.17, 15) is 4.79 Å². The van der Waals surface area contributed by atoms with Crippen LogP contribution in [0, 0.1) is 0 Å². The first-order valence-corrected chi connectivity index (χ1v) is 8.54. The molecule has 2 fully saturated rings. The summed E-state index contributed by atoms with van der Waals surface area (Å²) in [4.78, 5) is 14.4. The molecule has 0 unspecified atom stereocenters. The number of halogens is 2. The molecule has 3 nitrogen and oxygen atoms in total. The van der Waals surface area contributed by atoms with E-state index in [0.29, 0.717) is 20.9 Å². The van der Waals surface area contributed by atoms with Gasteiger partial charge in [-0.2, -0.15) is 0 Å². The van der Waals surface area contributed by atoms with Gasteiger partial charge in [0.25, 0.3) is 5.91 Å². The zero-order valence-electron chi connectivity index (χ0n) is 11.9. The summed E-state index contributed by atoms with van der Waals surface area (Å²) in [7, 11) is 0. The molecule has 1 aromatic rings. The second-order valence-electron chi connectivity index (χ2n) is 5.62. The quantitative estimate of drug-likeness (QED) is 0.631. The van der Waals surface area contributed by atoms with E-state index in [2.05, 4.69) is 5.32 Å². The maximum atomic E-state index is 12.6. The Morgan fingerprint density at radius 1 is 1.23 bits per heavy atom. The largest absolute Gasteiger partial charge is 0.328 e. The minimum absolute atomic E-state index is 0.0667. The molecule has 1 amide bonds. The lowest BCUT2D eigenvalue weighted by molar-refractivity contribution is -0.124. The molecular weight excluding hydrogens is 339 g/mol. The van der Waals surface area contributed by atoms with Crippen LogP contribution in [-0.4, -0.2) is 22.0 Å². The van der Waals surface area contributed by atoms with E-state index in [1.165, 1.54) is 6.42 Å². The number of amides is 1. The van der Waals surface area contributed by atoms with E-state index in [1.807, 2.05) is 0 Å². The molecule has 1 N–H and O–H groups in total. The van der Waals surface area contributed by atoms with Crippen LogP contribution in [0.5, 0.6) is 0 Å². The van der Waals surface area contributed by atoms with Crippen molar-refractivity contribution < 1.29 is 4.79 Å². The Hall–Kier alpha value is -1.10. The third-order valence-electron chi connectivity index (χ3n) is 4.11. The molecule has 1 saturated heterocycles. The van der Waals surface area contributed by atoms with Gasteiger partial charge in [-0.1, -0.05) is 48.5 Å². The van der Waals surface area contributed by atoms with Crippen LogP contribution in [0.2, 0.25) is 10.0 Å². The average molecular weight is 355 g/mol. The second-order valence-corrected chi connectivity index (χ2v) is 6.85. The fraction of sp³-hybridized carbons (Fsp3) is 0.375. The van der Waals surface area contributed by atoms with E-state index >= 15 is 0 Å². The highest BCUT2D eigenvalue weighted by Gasteiger charge is 2.36. The van der Waals surface area contributed by atoms with Gasteiger partial charge in [-0.05, 0) is 48.8 Å². The number of benzene rings is 1. The summed E-state index contributed by atoms with van der Waals surface area (Å²) < 4.78 is 0. The Morgan fingerprint density at radius 2 is 1.95 bits per heavy atom. The molecule has 1 aliphatic heterocycles. The predicted molar refractivity (Wildman–Crippen MR) is 93.9 cm³/mol. The maximum absolute atomic E-state index is 12.6. The zero-order chi connectivity index (χ0) is 15.7. The minimum atomic E-state index is -0.0667. The van der Waals surface area contributed by atoms with Crippen LogP contribution < -0.4 is 5.32 Å². The molecule has 2 aliphatic rings. The number of carbonyl (C=O) groups is 1. The fourth-order valence-electron chi connectivity index (χ4n) is 2.99. The summed E-state index contributed by atoms with van der Waals surface area (Å²) in [5.41, 5.74) is 1.22. The highest BCUT2D eigenvalue weighted by Crippen LogP contribution is 2.28. The van der Waals surface area contributed by atoms with Crippen LogP contribution in [0.1, 0.15) is 37.7 Å². The van der Waals surface area contributed by atoms with Crippen LogP contribution in [0.15, 0.2) is 23.9 Å². The fourth-order valence-corrected chi connectivity index (χ4v) is 3.80.